The quantitative estimate of drug-likeness (QED) is 0.711. The fourth-order valence-electron chi connectivity index (χ4n) is 1.18. The van der Waals surface area contributed by atoms with Gasteiger partial charge >= 0.3 is 6.18 Å². The first-order valence-corrected chi connectivity index (χ1v) is 5.96. The molecule has 0 saturated heterocycles. The number of hydrogen-bond donors (Lipinski definition) is 0. The molecular weight excluding hydrogens is 353 g/mol. The number of hydrogen-bond acceptors (Lipinski definition) is 1. The average molecular weight is 360 g/mol. The molecule has 1 aromatic rings. The standard InChI is InChI=1S/C10H7Br2F3O/c1-5(16)8(11)6-3-2-4-7(9(6)12)10(13,14)15/h2-4,8H,1H3. The summed E-state index contributed by atoms with van der Waals surface area (Å²) in [5.41, 5.74) is -0.502. The highest BCUT2D eigenvalue weighted by Gasteiger charge is 2.34. The molecule has 0 radical (unpaired) electrons. The maximum atomic E-state index is 12.6. The van der Waals surface area contributed by atoms with E-state index in [1.165, 1.54) is 19.1 Å². The molecule has 0 fully saturated rings. The molecule has 0 amide bonds. The number of carbonyl (C=O) groups excluding carboxylic acids is 1. The van der Waals surface area contributed by atoms with Crippen molar-refractivity contribution in [2.45, 2.75) is 17.9 Å². The summed E-state index contributed by atoms with van der Waals surface area (Å²) in [4.78, 5) is 10.4. The largest absolute Gasteiger partial charge is 0.417 e. The van der Waals surface area contributed by atoms with E-state index in [1.54, 1.807) is 0 Å². The van der Waals surface area contributed by atoms with Crippen molar-refractivity contribution >= 4 is 37.6 Å². The van der Waals surface area contributed by atoms with Crippen LogP contribution < -0.4 is 0 Å². The number of alkyl halides is 4. The Morgan fingerprint density at radius 2 is 1.94 bits per heavy atom. The molecule has 0 aliphatic heterocycles. The van der Waals surface area contributed by atoms with Gasteiger partial charge in [0.25, 0.3) is 0 Å². The molecule has 0 spiro atoms. The summed E-state index contributed by atoms with van der Waals surface area (Å²) in [5, 5.41) is 0. The van der Waals surface area contributed by atoms with Crippen molar-refractivity contribution in [1.29, 1.82) is 0 Å². The summed E-state index contributed by atoms with van der Waals surface area (Å²) in [7, 11) is 0. The van der Waals surface area contributed by atoms with Gasteiger partial charge in [-0.15, -0.1) is 0 Å². The van der Waals surface area contributed by atoms with Gasteiger partial charge in [0, 0.05) is 4.47 Å². The summed E-state index contributed by atoms with van der Waals surface area (Å²) < 4.78 is 37.6. The van der Waals surface area contributed by atoms with Gasteiger partial charge in [0.05, 0.1) is 10.4 Å². The molecule has 0 aromatic heterocycles. The monoisotopic (exact) mass is 358 g/mol. The number of Topliss-reactive ketones (excluding diaryl/α,β-unsaturated/α-hetero) is 1. The fraction of sp³-hybridized carbons (Fsp3) is 0.300. The molecule has 0 aliphatic carbocycles. The second-order valence-electron chi connectivity index (χ2n) is 3.18. The van der Waals surface area contributed by atoms with Crippen LogP contribution in [0.3, 0.4) is 0 Å². The maximum Gasteiger partial charge on any atom is 0.417 e. The minimum Gasteiger partial charge on any atom is -0.298 e. The first kappa shape index (κ1) is 13.7. The lowest BCUT2D eigenvalue weighted by Gasteiger charge is -2.14. The molecular formula is C10H7Br2F3O. The molecule has 0 aliphatic rings. The molecule has 1 unspecified atom stereocenters. The Hall–Kier alpha value is -0.360. The molecule has 1 aromatic carbocycles. The van der Waals surface area contributed by atoms with Crippen LogP contribution in [0.2, 0.25) is 0 Å². The molecule has 0 N–H and O–H groups in total. The van der Waals surface area contributed by atoms with Crippen molar-refractivity contribution in [3.8, 4) is 0 Å². The summed E-state index contributed by atoms with van der Waals surface area (Å²) in [6, 6.07) is 3.72. The van der Waals surface area contributed by atoms with Gasteiger partial charge in [-0.2, -0.15) is 13.2 Å². The van der Waals surface area contributed by atoms with Gasteiger partial charge in [0.2, 0.25) is 0 Å². The van der Waals surface area contributed by atoms with Crippen LogP contribution in [0.5, 0.6) is 0 Å². The van der Waals surface area contributed by atoms with Crippen molar-refractivity contribution in [2.24, 2.45) is 0 Å². The third-order valence-corrected chi connectivity index (χ3v) is 3.99. The predicted octanol–water partition coefficient (Wildman–Crippen LogP) is 4.49. The highest BCUT2D eigenvalue weighted by molar-refractivity contribution is 9.11. The van der Waals surface area contributed by atoms with Gasteiger partial charge in [-0.3, -0.25) is 4.79 Å². The van der Waals surface area contributed by atoms with E-state index < -0.39 is 16.6 Å². The zero-order valence-corrected chi connectivity index (χ0v) is 11.3. The highest BCUT2D eigenvalue weighted by atomic mass is 79.9. The van der Waals surface area contributed by atoms with Crippen molar-refractivity contribution in [2.75, 3.05) is 0 Å². The van der Waals surface area contributed by atoms with Crippen LogP contribution in [0.25, 0.3) is 0 Å². The molecule has 1 nitrogen and oxygen atoms in total. The van der Waals surface area contributed by atoms with E-state index in [0.717, 1.165) is 6.07 Å². The molecule has 88 valence electrons. The minimum atomic E-state index is -4.43. The van der Waals surface area contributed by atoms with E-state index in [0.29, 0.717) is 0 Å². The van der Waals surface area contributed by atoms with Gasteiger partial charge in [0.15, 0.2) is 0 Å². The summed E-state index contributed by atoms with van der Waals surface area (Å²) in [6.07, 6.45) is -4.43. The molecule has 0 saturated carbocycles. The Bertz CT molecular complexity index is 415. The fourth-order valence-corrected chi connectivity index (χ4v) is 2.59. The van der Waals surface area contributed by atoms with Crippen molar-refractivity contribution < 1.29 is 18.0 Å². The third-order valence-electron chi connectivity index (χ3n) is 1.96. The Morgan fingerprint density at radius 3 is 2.38 bits per heavy atom. The summed E-state index contributed by atoms with van der Waals surface area (Å²) in [6.45, 7) is 1.31. The van der Waals surface area contributed by atoms with Gasteiger partial charge in [0.1, 0.15) is 5.78 Å². The molecule has 6 heteroatoms. The first-order chi connectivity index (χ1) is 7.25. The Kier molecular flexibility index (Phi) is 4.17. The molecule has 1 rings (SSSR count). The Labute approximate surface area is 107 Å². The third kappa shape index (κ3) is 2.85. The second-order valence-corrected chi connectivity index (χ2v) is 4.89. The topological polar surface area (TPSA) is 17.1 Å². The second kappa shape index (κ2) is 4.87. The van der Waals surface area contributed by atoms with Gasteiger partial charge < -0.3 is 0 Å². The summed E-state index contributed by atoms with van der Waals surface area (Å²) in [5.74, 6) is -0.250. The maximum absolute atomic E-state index is 12.6. The van der Waals surface area contributed by atoms with Crippen LogP contribution in [0, 0.1) is 0 Å². The van der Waals surface area contributed by atoms with Crippen LogP contribution in [-0.2, 0) is 11.0 Å². The lowest BCUT2D eigenvalue weighted by Crippen LogP contribution is -2.09. The predicted molar refractivity (Wildman–Crippen MR) is 61.5 cm³/mol. The van der Waals surface area contributed by atoms with Crippen LogP contribution >= 0.6 is 31.9 Å². The summed E-state index contributed by atoms with van der Waals surface area (Å²) >= 11 is 5.94. The SMILES string of the molecule is CC(=O)C(Br)c1cccc(C(F)(F)F)c1Br. The number of carbonyl (C=O) groups is 1. The number of ketones is 1. The zero-order chi connectivity index (χ0) is 12.5. The molecule has 1 atom stereocenters. The van der Waals surface area contributed by atoms with Crippen LogP contribution in [0.4, 0.5) is 13.2 Å². The van der Waals surface area contributed by atoms with Crippen LogP contribution in [0.1, 0.15) is 22.9 Å². The zero-order valence-electron chi connectivity index (χ0n) is 8.11. The number of halogens is 5. The van der Waals surface area contributed by atoms with Gasteiger partial charge in [-0.25, -0.2) is 0 Å². The number of benzene rings is 1. The van der Waals surface area contributed by atoms with E-state index in [2.05, 4.69) is 31.9 Å². The number of rotatable bonds is 2. The molecule has 0 bridgehead atoms. The lowest BCUT2D eigenvalue weighted by atomic mass is 10.1. The Morgan fingerprint density at radius 1 is 1.38 bits per heavy atom. The van der Waals surface area contributed by atoms with Crippen molar-refractivity contribution in [3.05, 3.63) is 33.8 Å². The normalized spacial score (nSPS) is 13.6. The van der Waals surface area contributed by atoms with E-state index in [4.69, 9.17) is 0 Å². The molecule has 0 heterocycles. The van der Waals surface area contributed by atoms with Crippen LogP contribution in [-0.4, -0.2) is 5.78 Å². The van der Waals surface area contributed by atoms with E-state index >= 15 is 0 Å². The van der Waals surface area contributed by atoms with Gasteiger partial charge in [-0.05, 0) is 34.5 Å². The average Bonchev–Trinajstić information content (AvgIpc) is 2.15. The Balaban J connectivity index is 3.30. The van der Waals surface area contributed by atoms with Crippen molar-refractivity contribution in [1.82, 2.24) is 0 Å². The van der Waals surface area contributed by atoms with Gasteiger partial charge in [-0.1, -0.05) is 28.1 Å². The first-order valence-electron chi connectivity index (χ1n) is 4.25. The van der Waals surface area contributed by atoms with Crippen LogP contribution in [0.15, 0.2) is 22.7 Å². The van der Waals surface area contributed by atoms with Crippen molar-refractivity contribution in [3.63, 3.8) is 0 Å². The highest BCUT2D eigenvalue weighted by Crippen LogP contribution is 2.40. The molecule has 16 heavy (non-hydrogen) atoms. The lowest BCUT2D eigenvalue weighted by molar-refractivity contribution is -0.138. The van der Waals surface area contributed by atoms with E-state index in [-0.39, 0.29) is 15.8 Å². The van der Waals surface area contributed by atoms with E-state index in [9.17, 15) is 18.0 Å². The minimum absolute atomic E-state index is 0.0976. The van der Waals surface area contributed by atoms with E-state index in [1.807, 2.05) is 0 Å². The smallest absolute Gasteiger partial charge is 0.298 e.